The molecule has 0 aromatic carbocycles. The number of hydrogen-bond acceptors (Lipinski definition) is 1. The van der Waals surface area contributed by atoms with Crippen LogP contribution in [0.15, 0.2) is 35.2 Å². The molecule has 0 aromatic heterocycles. The van der Waals surface area contributed by atoms with Gasteiger partial charge in [-0.25, -0.2) is 4.39 Å². The summed E-state index contributed by atoms with van der Waals surface area (Å²) in [6, 6.07) is 1.80. The van der Waals surface area contributed by atoms with E-state index in [1.165, 1.54) is 6.08 Å². The summed E-state index contributed by atoms with van der Waals surface area (Å²) in [5.74, 6) is -0.432. The molecular formula is C9H8FN. The van der Waals surface area contributed by atoms with Gasteiger partial charge in [0, 0.05) is 0 Å². The Morgan fingerprint density at radius 3 is 2.91 bits per heavy atom. The quantitative estimate of drug-likeness (QED) is 0.519. The number of nitrogens with zero attached hydrogens (tertiary/aromatic N) is 1. The molecule has 1 aliphatic rings. The second kappa shape index (κ2) is 3.16. The molecule has 0 N–H and O–H groups in total. The molecule has 0 heterocycles. The number of nitriles is 1. The van der Waals surface area contributed by atoms with Crippen molar-refractivity contribution in [1.82, 2.24) is 0 Å². The van der Waals surface area contributed by atoms with Crippen LogP contribution in [0.4, 0.5) is 4.39 Å². The van der Waals surface area contributed by atoms with E-state index in [0.29, 0.717) is 6.42 Å². The van der Waals surface area contributed by atoms with Crippen LogP contribution in [-0.2, 0) is 0 Å². The number of hydrogen-bond donors (Lipinski definition) is 0. The fourth-order valence-corrected chi connectivity index (χ4v) is 0.896. The van der Waals surface area contributed by atoms with Gasteiger partial charge in [0.2, 0.25) is 0 Å². The minimum Gasteiger partial charge on any atom is -0.206 e. The molecule has 0 atom stereocenters. The molecule has 0 spiro atoms. The zero-order valence-electron chi connectivity index (χ0n) is 6.26. The first-order valence-electron chi connectivity index (χ1n) is 3.38. The largest absolute Gasteiger partial charge is 0.206 e. The van der Waals surface area contributed by atoms with Crippen molar-refractivity contribution in [2.75, 3.05) is 0 Å². The summed E-state index contributed by atoms with van der Waals surface area (Å²) in [5, 5.41) is 8.45. The van der Waals surface area contributed by atoms with Crippen LogP contribution in [0.25, 0.3) is 0 Å². The maximum absolute atomic E-state index is 12.9. The van der Waals surface area contributed by atoms with Gasteiger partial charge in [-0.1, -0.05) is 17.7 Å². The Kier molecular flexibility index (Phi) is 2.22. The molecule has 1 aliphatic carbocycles. The maximum Gasteiger partial charge on any atom is 0.140 e. The van der Waals surface area contributed by atoms with Gasteiger partial charge in [0.1, 0.15) is 11.9 Å². The molecule has 11 heavy (non-hydrogen) atoms. The van der Waals surface area contributed by atoms with Crippen molar-refractivity contribution in [3.8, 4) is 6.07 Å². The van der Waals surface area contributed by atoms with Crippen LogP contribution in [0.5, 0.6) is 0 Å². The van der Waals surface area contributed by atoms with Gasteiger partial charge in [0.05, 0.1) is 5.57 Å². The van der Waals surface area contributed by atoms with Gasteiger partial charge in [0.15, 0.2) is 0 Å². The molecule has 0 aliphatic heterocycles. The van der Waals surface area contributed by atoms with Gasteiger partial charge in [-0.2, -0.15) is 5.26 Å². The van der Waals surface area contributed by atoms with Crippen molar-refractivity contribution < 1.29 is 4.39 Å². The molecule has 0 unspecified atom stereocenters. The van der Waals surface area contributed by atoms with E-state index in [2.05, 4.69) is 0 Å². The third-order valence-electron chi connectivity index (χ3n) is 1.49. The summed E-state index contributed by atoms with van der Waals surface area (Å²) >= 11 is 0. The average Bonchev–Trinajstić information content (AvgIpc) is 2.11. The Hall–Kier alpha value is -1.36. The van der Waals surface area contributed by atoms with Crippen LogP contribution in [-0.4, -0.2) is 0 Å². The highest BCUT2D eigenvalue weighted by molar-refractivity contribution is 5.43. The van der Waals surface area contributed by atoms with E-state index in [9.17, 15) is 4.39 Å². The lowest BCUT2D eigenvalue weighted by molar-refractivity contribution is 0.657. The van der Waals surface area contributed by atoms with Crippen LogP contribution in [0.2, 0.25) is 0 Å². The molecule has 1 nitrogen and oxygen atoms in total. The Labute approximate surface area is 65.1 Å². The molecule has 1 rings (SSSR count). The molecule has 56 valence electrons. The number of halogens is 1. The van der Waals surface area contributed by atoms with E-state index in [1.54, 1.807) is 12.1 Å². The summed E-state index contributed by atoms with van der Waals surface area (Å²) in [5.41, 5.74) is 1.00. The van der Waals surface area contributed by atoms with Gasteiger partial charge in [-0.3, -0.25) is 0 Å². The minimum absolute atomic E-state index is 0.137. The Balaban J connectivity index is 3.00. The molecule has 0 amide bonds. The van der Waals surface area contributed by atoms with Gasteiger partial charge < -0.3 is 0 Å². The van der Waals surface area contributed by atoms with Crippen LogP contribution < -0.4 is 0 Å². The van der Waals surface area contributed by atoms with Crippen LogP contribution >= 0.6 is 0 Å². The highest BCUT2D eigenvalue weighted by atomic mass is 19.1. The normalized spacial score (nSPS) is 17.4. The Bertz CT molecular complexity index is 289. The molecule has 2 heteroatoms. The molecular weight excluding hydrogens is 141 g/mol. The molecule has 0 bridgehead atoms. The smallest absolute Gasteiger partial charge is 0.140 e. The first kappa shape index (κ1) is 7.74. The second-order valence-electron chi connectivity index (χ2n) is 2.41. The zero-order chi connectivity index (χ0) is 8.27. The van der Waals surface area contributed by atoms with E-state index in [1.807, 2.05) is 13.0 Å². The topological polar surface area (TPSA) is 23.8 Å². The van der Waals surface area contributed by atoms with E-state index in [0.717, 1.165) is 5.57 Å². The van der Waals surface area contributed by atoms with Crippen molar-refractivity contribution in [2.24, 2.45) is 0 Å². The molecule has 0 saturated carbocycles. The number of rotatable bonds is 0. The lowest BCUT2D eigenvalue weighted by Crippen LogP contribution is -1.77. The molecule has 0 aromatic rings. The van der Waals surface area contributed by atoms with E-state index >= 15 is 0 Å². The van der Waals surface area contributed by atoms with Crippen LogP contribution in [0.1, 0.15) is 13.3 Å². The molecule has 0 radical (unpaired) electrons. The second-order valence-corrected chi connectivity index (χ2v) is 2.41. The first-order valence-corrected chi connectivity index (χ1v) is 3.38. The van der Waals surface area contributed by atoms with Gasteiger partial charge >= 0.3 is 0 Å². The van der Waals surface area contributed by atoms with Crippen LogP contribution in [0.3, 0.4) is 0 Å². The van der Waals surface area contributed by atoms with Crippen molar-refractivity contribution >= 4 is 0 Å². The summed E-state index contributed by atoms with van der Waals surface area (Å²) in [7, 11) is 0. The highest BCUT2D eigenvalue weighted by Crippen LogP contribution is 2.17. The summed E-state index contributed by atoms with van der Waals surface area (Å²) in [4.78, 5) is 0. The van der Waals surface area contributed by atoms with E-state index in [-0.39, 0.29) is 5.57 Å². The zero-order valence-corrected chi connectivity index (χ0v) is 6.26. The fraction of sp³-hybridized carbons (Fsp3) is 0.222. The van der Waals surface area contributed by atoms with E-state index < -0.39 is 5.83 Å². The van der Waals surface area contributed by atoms with Gasteiger partial charge in [0.25, 0.3) is 0 Å². The molecule has 0 saturated heterocycles. The van der Waals surface area contributed by atoms with Crippen molar-refractivity contribution in [2.45, 2.75) is 13.3 Å². The predicted molar refractivity (Wildman–Crippen MR) is 41.3 cm³/mol. The molecule has 0 fully saturated rings. The van der Waals surface area contributed by atoms with Crippen molar-refractivity contribution in [1.29, 1.82) is 5.26 Å². The summed E-state index contributed by atoms with van der Waals surface area (Å²) in [6.45, 7) is 1.81. The standard InChI is InChI=1S/C9H8FN/c1-7-3-2-4-8(6-11)9(10)5-7/h3-5H,2H2,1H3. The van der Waals surface area contributed by atoms with E-state index in [4.69, 9.17) is 5.26 Å². The van der Waals surface area contributed by atoms with Gasteiger partial charge in [-0.05, 0) is 19.4 Å². The lowest BCUT2D eigenvalue weighted by atomic mass is 10.2. The SMILES string of the molecule is CC1=CCC=C(C#N)C(F)=C1. The predicted octanol–water partition coefficient (Wildman–Crippen LogP) is 2.64. The third-order valence-corrected chi connectivity index (χ3v) is 1.49. The number of allylic oxidation sites excluding steroid dienone is 6. The minimum atomic E-state index is -0.432. The van der Waals surface area contributed by atoms with Gasteiger partial charge in [-0.15, -0.1) is 0 Å². The highest BCUT2D eigenvalue weighted by Gasteiger charge is 2.04. The Morgan fingerprint density at radius 1 is 1.55 bits per heavy atom. The average molecular weight is 149 g/mol. The third kappa shape index (κ3) is 1.78. The van der Waals surface area contributed by atoms with Crippen LogP contribution in [0, 0.1) is 11.3 Å². The monoisotopic (exact) mass is 149 g/mol. The first-order chi connectivity index (χ1) is 5.24. The maximum atomic E-state index is 12.9. The summed E-state index contributed by atoms with van der Waals surface area (Å²) in [6.07, 6.45) is 5.48. The van der Waals surface area contributed by atoms with Crippen molar-refractivity contribution in [3.05, 3.63) is 35.2 Å². The summed E-state index contributed by atoms with van der Waals surface area (Å²) < 4.78 is 12.9. The lowest BCUT2D eigenvalue weighted by Gasteiger charge is -1.89. The van der Waals surface area contributed by atoms with Crippen molar-refractivity contribution in [3.63, 3.8) is 0 Å². The fourth-order valence-electron chi connectivity index (χ4n) is 0.896. The Morgan fingerprint density at radius 2 is 2.27 bits per heavy atom.